The van der Waals surface area contributed by atoms with E-state index in [1.165, 1.54) is 19.3 Å². The largest absolute Gasteiger partial charge is 0.370 e. The second-order valence-corrected chi connectivity index (χ2v) is 5.24. The van der Waals surface area contributed by atoms with E-state index in [2.05, 4.69) is 35.2 Å². The van der Waals surface area contributed by atoms with Crippen molar-refractivity contribution in [2.75, 3.05) is 17.6 Å². The Morgan fingerprint density at radius 3 is 2.71 bits per heavy atom. The van der Waals surface area contributed by atoms with Crippen LogP contribution in [0.2, 0.25) is 0 Å². The standard InChI is InChI=1S/C13H23N3S/c1-4-6-7-9-17-13-10-12(14-8-5-2)15-11(3)16-13/h10H,4-9H2,1-3H3,(H,14,15,16). The van der Waals surface area contributed by atoms with Crippen LogP contribution in [-0.2, 0) is 0 Å². The third-order valence-corrected chi connectivity index (χ3v) is 3.37. The zero-order valence-corrected chi connectivity index (χ0v) is 11.9. The SMILES string of the molecule is CCCCCSc1cc(NCCC)nc(C)n1. The molecule has 96 valence electrons. The van der Waals surface area contributed by atoms with Crippen molar-refractivity contribution in [1.82, 2.24) is 9.97 Å². The molecule has 0 unspecified atom stereocenters. The molecule has 0 spiro atoms. The molecule has 0 aromatic carbocycles. The maximum Gasteiger partial charge on any atom is 0.130 e. The Labute approximate surface area is 109 Å². The zero-order valence-electron chi connectivity index (χ0n) is 11.1. The molecule has 17 heavy (non-hydrogen) atoms. The summed E-state index contributed by atoms with van der Waals surface area (Å²) >= 11 is 1.83. The second kappa shape index (κ2) is 8.34. The van der Waals surface area contributed by atoms with Gasteiger partial charge in [0.05, 0.1) is 0 Å². The quantitative estimate of drug-likeness (QED) is 0.433. The van der Waals surface area contributed by atoms with Gasteiger partial charge in [-0.25, -0.2) is 9.97 Å². The Hall–Kier alpha value is -0.770. The van der Waals surface area contributed by atoms with Crippen LogP contribution < -0.4 is 5.32 Å². The molecule has 0 atom stereocenters. The van der Waals surface area contributed by atoms with E-state index in [0.29, 0.717) is 0 Å². The summed E-state index contributed by atoms with van der Waals surface area (Å²) in [4.78, 5) is 8.83. The highest BCUT2D eigenvalue weighted by molar-refractivity contribution is 7.99. The number of thioether (sulfide) groups is 1. The first kappa shape index (κ1) is 14.3. The number of nitrogens with zero attached hydrogens (tertiary/aromatic N) is 2. The molecule has 0 fully saturated rings. The van der Waals surface area contributed by atoms with Crippen molar-refractivity contribution in [2.24, 2.45) is 0 Å². The molecule has 0 aliphatic carbocycles. The van der Waals surface area contributed by atoms with Gasteiger partial charge in [-0.3, -0.25) is 0 Å². The minimum Gasteiger partial charge on any atom is -0.370 e. The summed E-state index contributed by atoms with van der Waals surface area (Å²) in [6.07, 6.45) is 4.95. The van der Waals surface area contributed by atoms with E-state index in [1.807, 2.05) is 18.7 Å². The number of rotatable bonds is 8. The fourth-order valence-electron chi connectivity index (χ4n) is 1.49. The van der Waals surface area contributed by atoms with Gasteiger partial charge < -0.3 is 5.32 Å². The fourth-order valence-corrected chi connectivity index (χ4v) is 2.44. The van der Waals surface area contributed by atoms with Crippen LogP contribution in [0.1, 0.15) is 45.4 Å². The number of unbranched alkanes of at least 4 members (excludes halogenated alkanes) is 2. The summed E-state index contributed by atoms with van der Waals surface area (Å²) in [5.74, 6) is 2.96. The zero-order chi connectivity index (χ0) is 12.5. The average molecular weight is 253 g/mol. The first-order valence-corrected chi connectivity index (χ1v) is 7.47. The van der Waals surface area contributed by atoms with E-state index in [-0.39, 0.29) is 0 Å². The van der Waals surface area contributed by atoms with E-state index in [4.69, 9.17) is 0 Å². The van der Waals surface area contributed by atoms with Gasteiger partial charge in [0, 0.05) is 12.6 Å². The lowest BCUT2D eigenvalue weighted by Crippen LogP contribution is -2.04. The van der Waals surface area contributed by atoms with Gasteiger partial charge in [0.25, 0.3) is 0 Å². The first-order valence-electron chi connectivity index (χ1n) is 6.48. The predicted molar refractivity (Wildman–Crippen MR) is 75.8 cm³/mol. The Kier molecular flexibility index (Phi) is 7.01. The third kappa shape index (κ3) is 5.91. The molecule has 1 heterocycles. The Balaban J connectivity index is 2.50. The van der Waals surface area contributed by atoms with Crippen LogP contribution in [0, 0.1) is 6.92 Å². The highest BCUT2D eigenvalue weighted by Crippen LogP contribution is 2.20. The van der Waals surface area contributed by atoms with E-state index < -0.39 is 0 Å². The molecular formula is C13H23N3S. The van der Waals surface area contributed by atoms with Crippen molar-refractivity contribution >= 4 is 17.6 Å². The summed E-state index contributed by atoms with van der Waals surface area (Å²) < 4.78 is 0. The number of hydrogen-bond donors (Lipinski definition) is 1. The summed E-state index contributed by atoms with van der Waals surface area (Å²) in [5.41, 5.74) is 0. The molecule has 0 saturated heterocycles. The molecule has 0 amide bonds. The molecule has 0 radical (unpaired) electrons. The highest BCUT2D eigenvalue weighted by atomic mass is 32.2. The lowest BCUT2D eigenvalue weighted by atomic mass is 10.3. The topological polar surface area (TPSA) is 37.8 Å². The number of hydrogen-bond acceptors (Lipinski definition) is 4. The van der Waals surface area contributed by atoms with Gasteiger partial charge in [-0.15, -0.1) is 11.8 Å². The highest BCUT2D eigenvalue weighted by Gasteiger charge is 2.01. The van der Waals surface area contributed by atoms with Gasteiger partial charge in [-0.05, 0) is 25.5 Å². The van der Waals surface area contributed by atoms with Gasteiger partial charge in [-0.2, -0.15) is 0 Å². The molecule has 4 heteroatoms. The van der Waals surface area contributed by atoms with Crippen molar-refractivity contribution < 1.29 is 0 Å². The summed E-state index contributed by atoms with van der Waals surface area (Å²) in [6, 6.07) is 2.05. The van der Waals surface area contributed by atoms with Crippen molar-refractivity contribution in [3.8, 4) is 0 Å². The van der Waals surface area contributed by atoms with Crippen LogP contribution in [-0.4, -0.2) is 22.3 Å². The van der Waals surface area contributed by atoms with Crippen molar-refractivity contribution in [2.45, 2.75) is 51.5 Å². The van der Waals surface area contributed by atoms with Crippen LogP contribution in [0.25, 0.3) is 0 Å². The third-order valence-electron chi connectivity index (χ3n) is 2.37. The number of anilines is 1. The predicted octanol–water partition coefficient (Wildman–Crippen LogP) is 3.89. The molecule has 0 saturated carbocycles. The Morgan fingerprint density at radius 2 is 2.00 bits per heavy atom. The summed E-state index contributed by atoms with van der Waals surface area (Å²) in [7, 11) is 0. The molecule has 1 aromatic rings. The van der Waals surface area contributed by atoms with Crippen molar-refractivity contribution in [1.29, 1.82) is 0 Å². The van der Waals surface area contributed by atoms with E-state index in [1.54, 1.807) is 0 Å². The van der Waals surface area contributed by atoms with Gasteiger partial charge in [0.1, 0.15) is 16.7 Å². The van der Waals surface area contributed by atoms with Crippen LogP contribution in [0.3, 0.4) is 0 Å². The smallest absolute Gasteiger partial charge is 0.130 e. The molecule has 1 rings (SSSR count). The number of aryl methyl sites for hydroxylation is 1. The van der Waals surface area contributed by atoms with Crippen molar-refractivity contribution in [3.63, 3.8) is 0 Å². The summed E-state index contributed by atoms with van der Waals surface area (Å²) in [5, 5.41) is 4.40. The normalized spacial score (nSPS) is 10.5. The Morgan fingerprint density at radius 1 is 1.18 bits per heavy atom. The maximum atomic E-state index is 4.45. The van der Waals surface area contributed by atoms with Gasteiger partial charge in [-0.1, -0.05) is 26.7 Å². The van der Waals surface area contributed by atoms with E-state index in [0.717, 1.165) is 35.4 Å². The van der Waals surface area contributed by atoms with E-state index >= 15 is 0 Å². The number of aromatic nitrogens is 2. The van der Waals surface area contributed by atoms with Gasteiger partial charge in [0.2, 0.25) is 0 Å². The molecule has 0 aliphatic rings. The molecular weight excluding hydrogens is 230 g/mol. The number of nitrogens with one attached hydrogen (secondary N) is 1. The van der Waals surface area contributed by atoms with Crippen LogP contribution in [0.5, 0.6) is 0 Å². The van der Waals surface area contributed by atoms with Gasteiger partial charge in [0.15, 0.2) is 0 Å². The minimum atomic E-state index is 0.851. The van der Waals surface area contributed by atoms with Crippen LogP contribution in [0.4, 0.5) is 5.82 Å². The van der Waals surface area contributed by atoms with E-state index in [9.17, 15) is 0 Å². The van der Waals surface area contributed by atoms with Crippen LogP contribution >= 0.6 is 11.8 Å². The van der Waals surface area contributed by atoms with Crippen molar-refractivity contribution in [3.05, 3.63) is 11.9 Å². The molecule has 1 aromatic heterocycles. The monoisotopic (exact) mass is 253 g/mol. The molecule has 0 bridgehead atoms. The lowest BCUT2D eigenvalue weighted by Gasteiger charge is -2.07. The fraction of sp³-hybridized carbons (Fsp3) is 0.692. The maximum absolute atomic E-state index is 4.45. The lowest BCUT2D eigenvalue weighted by molar-refractivity contribution is 0.778. The summed E-state index contributed by atoms with van der Waals surface area (Å²) in [6.45, 7) is 7.30. The van der Waals surface area contributed by atoms with Crippen LogP contribution in [0.15, 0.2) is 11.1 Å². The average Bonchev–Trinajstić information content (AvgIpc) is 2.31. The molecule has 1 N–H and O–H groups in total. The molecule has 0 aliphatic heterocycles. The Bertz CT molecular complexity index is 328. The second-order valence-electron chi connectivity index (χ2n) is 4.12. The minimum absolute atomic E-state index is 0.851. The van der Waals surface area contributed by atoms with Gasteiger partial charge >= 0.3 is 0 Å². The first-order chi connectivity index (χ1) is 8.26. The molecule has 3 nitrogen and oxygen atoms in total.